The van der Waals surface area contributed by atoms with E-state index >= 15 is 0 Å². The summed E-state index contributed by atoms with van der Waals surface area (Å²) in [7, 11) is 0. The zero-order valence-corrected chi connectivity index (χ0v) is 12.8. The van der Waals surface area contributed by atoms with Crippen LogP contribution >= 0.6 is 23.8 Å². The third kappa shape index (κ3) is 3.98. The highest BCUT2D eigenvalue weighted by Crippen LogP contribution is 2.20. The number of nitrogens with zero attached hydrogens (tertiary/aromatic N) is 2. The van der Waals surface area contributed by atoms with Crippen LogP contribution in [0.4, 0.5) is 5.69 Å². The van der Waals surface area contributed by atoms with Gasteiger partial charge in [-0.2, -0.15) is 0 Å². The van der Waals surface area contributed by atoms with E-state index < -0.39 is 0 Å². The Morgan fingerprint density at radius 1 is 1.32 bits per heavy atom. The number of thiocarbonyl (C=S) groups is 1. The van der Waals surface area contributed by atoms with Gasteiger partial charge in [-0.25, -0.2) is 0 Å². The van der Waals surface area contributed by atoms with E-state index in [4.69, 9.17) is 23.8 Å². The van der Waals surface area contributed by atoms with Crippen LogP contribution in [0.5, 0.6) is 0 Å². The molecule has 1 N–H and O–H groups in total. The van der Waals surface area contributed by atoms with Crippen molar-refractivity contribution in [3.8, 4) is 0 Å². The van der Waals surface area contributed by atoms with Crippen LogP contribution < -0.4 is 10.2 Å². The Bertz CT molecular complexity index is 430. The molecular formula is C14H20ClN3S. The van der Waals surface area contributed by atoms with Crippen molar-refractivity contribution in [1.82, 2.24) is 10.2 Å². The van der Waals surface area contributed by atoms with Crippen molar-refractivity contribution in [2.45, 2.75) is 13.3 Å². The Hall–Kier alpha value is -1.00. The molecule has 104 valence electrons. The normalized spacial score (nSPS) is 15.5. The predicted octanol–water partition coefficient (Wildman–Crippen LogP) is 2.75. The molecule has 0 amide bonds. The Morgan fingerprint density at radius 2 is 2.05 bits per heavy atom. The minimum absolute atomic E-state index is 0.792. The molecular weight excluding hydrogens is 278 g/mol. The summed E-state index contributed by atoms with van der Waals surface area (Å²) in [5.41, 5.74) is 1.19. The third-order valence-electron chi connectivity index (χ3n) is 3.27. The third-order valence-corrected chi connectivity index (χ3v) is 3.90. The largest absolute Gasteiger partial charge is 0.368 e. The van der Waals surface area contributed by atoms with Gasteiger partial charge in [0.15, 0.2) is 5.11 Å². The molecule has 5 heteroatoms. The molecule has 0 aliphatic carbocycles. The summed E-state index contributed by atoms with van der Waals surface area (Å²) >= 11 is 11.4. The van der Waals surface area contributed by atoms with Crippen molar-refractivity contribution >= 4 is 34.6 Å². The van der Waals surface area contributed by atoms with Gasteiger partial charge in [-0.15, -0.1) is 0 Å². The minimum Gasteiger partial charge on any atom is -0.368 e. The quantitative estimate of drug-likeness (QED) is 0.865. The molecule has 1 aliphatic heterocycles. The molecule has 0 saturated carbocycles. The monoisotopic (exact) mass is 297 g/mol. The van der Waals surface area contributed by atoms with Gasteiger partial charge in [0.05, 0.1) is 0 Å². The Kier molecular flexibility index (Phi) is 5.28. The maximum Gasteiger partial charge on any atom is 0.169 e. The van der Waals surface area contributed by atoms with Crippen molar-refractivity contribution in [3.05, 3.63) is 29.3 Å². The summed E-state index contributed by atoms with van der Waals surface area (Å²) in [4.78, 5) is 4.59. The minimum atomic E-state index is 0.792. The molecule has 19 heavy (non-hydrogen) atoms. The van der Waals surface area contributed by atoms with Gasteiger partial charge in [0.1, 0.15) is 0 Å². The fourth-order valence-corrected chi connectivity index (χ4v) is 2.65. The molecule has 0 bridgehead atoms. The van der Waals surface area contributed by atoms with Crippen molar-refractivity contribution in [2.75, 3.05) is 37.6 Å². The van der Waals surface area contributed by atoms with E-state index in [1.165, 1.54) is 5.69 Å². The lowest BCUT2D eigenvalue weighted by Gasteiger charge is -2.37. The molecule has 1 aromatic rings. The van der Waals surface area contributed by atoms with Gasteiger partial charge in [-0.1, -0.05) is 24.6 Å². The highest BCUT2D eigenvalue weighted by atomic mass is 35.5. The molecule has 1 aromatic carbocycles. The molecule has 0 aromatic heterocycles. The number of anilines is 1. The van der Waals surface area contributed by atoms with Gasteiger partial charge in [0.25, 0.3) is 0 Å². The standard InChI is InChI=1S/C14H20ClN3S/c1-2-6-16-14(19)18-9-7-17(8-10-18)13-5-3-4-12(15)11-13/h3-5,11H,2,6-10H2,1H3,(H,16,19). The SMILES string of the molecule is CCCNC(=S)N1CCN(c2cccc(Cl)c2)CC1. The zero-order valence-electron chi connectivity index (χ0n) is 11.2. The van der Waals surface area contributed by atoms with E-state index in [9.17, 15) is 0 Å². The van der Waals surface area contributed by atoms with Crippen LogP contribution in [0, 0.1) is 0 Å². The van der Waals surface area contributed by atoms with E-state index in [1.807, 2.05) is 18.2 Å². The number of hydrogen-bond acceptors (Lipinski definition) is 2. The number of nitrogens with one attached hydrogen (secondary N) is 1. The van der Waals surface area contributed by atoms with Crippen molar-refractivity contribution in [1.29, 1.82) is 0 Å². The summed E-state index contributed by atoms with van der Waals surface area (Å²) in [5.74, 6) is 0. The van der Waals surface area contributed by atoms with Crippen LogP contribution in [-0.4, -0.2) is 42.7 Å². The summed E-state index contributed by atoms with van der Waals surface area (Å²) in [6.45, 7) is 6.98. The Morgan fingerprint density at radius 3 is 2.68 bits per heavy atom. The lowest BCUT2D eigenvalue weighted by atomic mass is 10.2. The molecule has 0 radical (unpaired) electrons. The molecule has 1 heterocycles. The molecule has 0 atom stereocenters. The van der Waals surface area contributed by atoms with Gasteiger partial charge in [-0.05, 0) is 36.8 Å². The lowest BCUT2D eigenvalue weighted by Crippen LogP contribution is -2.51. The molecule has 1 fully saturated rings. The smallest absolute Gasteiger partial charge is 0.169 e. The fraction of sp³-hybridized carbons (Fsp3) is 0.500. The number of rotatable bonds is 3. The second-order valence-electron chi connectivity index (χ2n) is 4.69. The van der Waals surface area contributed by atoms with E-state index in [0.717, 1.165) is 49.3 Å². The molecule has 0 unspecified atom stereocenters. The van der Waals surface area contributed by atoms with Gasteiger partial charge in [0.2, 0.25) is 0 Å². The highest BCUT2D eigenvalue weighted by molar-refractivity contribution is 7.80. The summed E-state index contributed by atoms with van der Waals surface area (Å²) in [6, 6.07) is 8.03. The number of benzene rings is 1. The van der Waals surface area contributed by atoms with Gasteiger partial charge in [0, 0.05) is 43.4 Å². The topological polar surface area (TPSA) is 18.5 Å². The zero-order chi connectivity index (χ0) is 13.7. The van der Waals surface area contributed by atoms with Gasteiger partial charge < -0.3 is 15.1 Å². The second-order valence-corrected chi connectivity index (χ2v) is 5.51. The van der Waals surface area contributed by atoms with Crippen molar-refractivity contribution in [2.24, 2.45) is 0 Å². The molecule has 0 spiro atoms. The van der Waals surface area contributed by atoms with Crippen molar-refractivity contribution < 1.29 is 0 Å². The van der Waals surface area contributed by atoms with E-state index in [0.29, 0.717) is 0 Å². The average molecular weight is 298 g/mol. The lowest BCUT2D eigenvalue weighted by molar-refractivity contribution is 0.380. The maximum absolute atomic E-state index is 6.03. The first-order chi connectivity index (χ1) is 9.20. The maximum atomic E-state index is 6.03. The van der Waals surface area contributed by atoms with Crippen LogP contribution in [-0.2, 0) is 0 Å². The van der Waals surface area contributed by atoms with Crippen LogP contribution in [0.25, 0.3) is 0 Å². The first-order valence-corrected chi connectivity index (χ1v) is 7.52. The van der Waals surface area contributed by atoms with Crippen LogP contribution in [0.1, 0.15) is 13.3 Å². The molecule has 1 saturated heterocycles. The predicted molar refractivity (Wildman–Crippen MR) is 86.1 cm³/mol. The van der Waals surface area contributed by atoms with Crippen LogP contribution in [0.3, 0.4) is 0 Å². The van der Waals surface area contributed by atoms with Gasteiger partial charge >= 0.3 is 0 Å². The number of hydrogen-bond donors (Lipinski definition) is 1. The van der Waals surface area contributed by atoms with Gasteiger partial charge in [-0.3, -0.25) is 0 Å². The van der Waals surface area contributed by atoms with E-state index in [-0.39, 0.29) is 0 Å². The summed E-state index contributed by atoms with van der Waals surface area (Å²) < 4.78 is 0. The highest BCUT2D eigenvalue weighted by Gasteiger charge is 2.18. The van der Waals surface area contributed by atoms with Crippen LogP contribution in [0.2, 0.25) is 5.02 Å². The number of halogens is 1. The average Bonchev–Trinajstić information content (AvgIpc) is 2.45. The molecule has 3 nitrogen and oxygen atoms in total. The fourth-order valence-electron chi connectivity index (χ4n) is 2.18. The molecule has 1 aliphatic rings. The second kappa shape index (κ2) is 6.96. The number of piperazine rings is 1. The van der Waals surface area contributed by atoms with E-state index in [1.54, 1.807) is 0 Å². The summed E-state index contributed by atoms with van der Waals surface area (Å²) in [5, 5.41) is 4.96. The van der Waals surface area contributed by atoms with Crippen LogP contribution in [0.15, 0.2) is 24.3 Å². The first-order valence-electron chi connectivity index (χ1n) is 6.74. The summed E-state index contributed by atoms with van der Waals surface area (Å²) in [6.07, 6.45) is 1.10. The van der Waals surface area contributed by atoms with E-state index in [2.05, 4.69) is 28.1 Å². The molecule has 2 rings (SSSR count). The first kappa shape index (κ1) is 14.4. The Balaban J connectivity index is 1.87. The Labute approximate surface area is 125 Å². The van der Waals surface area contributed by atoms with Crippen molar-refractivity contribution in [3.63, 3.8) is 0 Å².